The average Bonchev–Trinajstić information content (AvgIpc) is 2.52. The lowest BCUT2D eigenvalue weighted by molar-refractivity contribution is -0.385. The Balaban J connectivity index is 2.36. The third kappa shape index (κ3) is 4.01. The van der Waals surface area contributed by atoms with E-state index in [1.54, 1.807) is 0 Å². The molecule has 0 N–H and O–H groups in total. The average molecular weight is 321 g/mol. The Labute approximate surface area is 129 Å². The Morgan fingerprint density at radius 2 is 1.74 bits per heavy atom. The van der Waals surface area contributed by atoms with Gasteiger partial charge < -0.3 is 4.74 Å². The van der Waals surface area contributed by atoms with Crippen LogP contribution in [0.25, 0.3) is 0 Å². The summed E-state index contributed by atoms with van der Waals surface area (Å²) >= 11 is 0. The molecule has 0 saturated heterocycles. The first-order valence-electron chi connectivity index (χ1n) is 6.33. The molecule has 0 fully saturated rings. The number of nitrogens with zero attached hydrogens (tertiary/aromatic N) is 1. The third-order valence-electron chi connectivity index (χ3n) is 2.95. The van der Waals surface area contributed by atoms with Crippen LogP contribution >= 0.6 is 0 Å². The first-order valence-corrected chi connectivity index (χ1v) is 6.33. The largest absolute Gasteiger partial charge is 0.497 e. The van der Waals surface area contributed by atoms with Gasteiger partial charge in [0.25, 0.3) is 5.69 Å². The van der Waals surface area contributed by atoms with Crippen molar-refractivity contribution < 1.29 is 22.8 Å². The Hall–Kier alpha value is -3.01. The van der Waals surface area contributed by atoms with Crippen molar-refractivity contribution in [2.45, 2.75) is 6.18 Å². The summed E-state index contributed by atoms with van der Waals surface area (Å²) in [6.45, 7) is 0. The molecule has 0 bridgehead atoms. The van der Waals surface area contributed by atoms with Crippen LogP contribution in [0, 0.1) is 22.0 Å². The number of rotatable bonds is 2. The highest BCUT2D eigenvalue weighted by Gasteiger charge is 2.29. The number of methoxy groups -OCH3 is 1. The van der Waals surface area contributed by atoms with E-state index in [4.69, 9.17) is 4.74 Å². The van der Waals surface area contributed by atoms with Gasteiger partial charge in [0.15, 0.2) is 0 Å². The van der Waals surface area contributed by atoms with Crippen LogP contribution < -0.4 is 4.74 Å². The maximum atomic E-state index is 12.5. The van der Waals surface area contributed by atoms with Crippen molar-refractivity contribution >= 4 is 5.69 Å². The Bertz CT molecular complexity index is 787. The third-order valence-corrected chi connectivity index (χ3v) is 2.95. The summed E-state index contributed by atoms with van der Waals surface area (Å²) in [6, 6.07) is 8.32. The highest BCUT2D eigenvalue weighted by atomic mass is 19.4. The number of nitro benzene ring substituents is 1. The van der Waals surface area contributed by atoms with Crippen LogP contribution in [-0.4, -0.2) is 12.0 Å². The summed E-state index contributed by atoms with van der Waals surface area (Å²) < 4.78 is 42.4. The van der Waals surface area contributed by atoms with Crippen molar-refractivity contribution in [1.82, 2.24) is 0 Å². The zero-order valence-corrected chi connectivity index (χ0v) is 11.8. The second-order valence-corrected chi connectivity index (χ2v) is 4.47. The van der Waals surface area contributed by atoms with Crippen LogP contribution in [0.4, 0.5) is 18.9 Å². The van der Waals surface area contributed by atoms with Crippen LogP contribution in [0.2, 0.25) is 0 Å². The first-order chi connectivity index (χ1) is 10.8. The van der Waals surface area contributed by atoms with Crippen LogP contribution in [0.5, 0.6) is 5.75 Å². The number of benzene rings is 2. The van der Waals surface area contributed by atoms with E-state index >= 15 is 0 Å². The maximum absolute atomic E-state index is 12.5. The second kappa shape index (κ2) is 6.40. The molecule has 2 aromatic rings. The number of alkyl halides is 3. The van der Waals surface area contributed by atoms with Crippen molar-refractivity contribution in [3.05, 3.63) is 69.3 Å². The van der Waals surface area contributed by atoms with E-state index in [-0.39, 0.29) is 11.3 Å². The molecule has 0 atom stereocenters. The molecule has 23 heavy (non-hydrogen) atoms. The highest BCUT2D eigenvalue weighted by molar-refractivity contribution is 5.56. The molecule has 0 saturated carbocycles. The summed E-state index contributed by atoms with van der Waals surface area (Å²) in [6.07, 6.45) is -4.42. The second-order valence-electron chi connectivity index (χ2n) is 4.47. The molecule has 0 spiro atoms. The molecule has 4 nitrogen and oxygen atoms in total. The lowest BCUT2D eigenvalue weighted by Crippen LogP contribution is -2.04. The van der Waals surface area contributed by atoms with Crippen LogP contribution in [0.3, 0.4) is 0 Å². The smallest absolute Gasteiger partial charge is 0.416 e. The van der Waals surface area contributed by atoms with E-state index in [9.17, 15) is 23.3 Å². The Morgan fingerprint density at radius 1 is 1.09 bits per heavy atom. The molecule has 2 rings (SSSR count). The monoisotopic (exact) mass is 321 g/mol. The summed E-state index contributed by atoms with van der Waals surface area (Å²) in [4.78, 5) is 10.4. The van der Waals surface area contributed by atoms with E-state index in [1.807, 2.05) is 0 Å². The van der Waals surface area contributed by atoms with E-state index in [0.717, 1.165) is 12.1 Å². The normalized spacial score (nSPS) is 10.6. The van der Waals surface area contributed by atoms with Crippen molar-refractivity contribution in [3.63, 3.8) is 0 Å². The fourth-order valence-corrected chi connectivity index (χ4v) is 1.78. The molecule has 118 valence electrons. The summed E-state index contributed by atoms with van der Waals surface area (Å²) in [5, 5.41) is 11.0. The van der Waals surface area contributed by atoms with Gasteiger partial charge in [-0.05, 0) is 30.3 Å². The van der Waals surface area contributed by atoms with E-state index in [2.05, 4.69) is 11.8 Å². The highest BCUT2D eigenvalue weighted by Crippen LogP contribution is 2.29. The fourth-order valence-electron chi connectivity index (χ4n) is 1.78. The number of nitro groups is 1. The minimum atomic E-state index is -4.42. The first kappa shape index (κ1) is 16.4. The quantitative estimate of drug-likeness (QED) is 0.477. The Kier molecular flexibility index (Phi) is 4.55. The molecule has 0 aliphatic rings. The molecular weight excluding hydrogens is 311 g/mol. The zero-order chi connectivity index (χ0) is 17.0. The molecule has 0 amide bonds. The van der Waals surface area contributed by atoms with Gasteiger partial charge in [-0.2, -0.15) is 13.2 Å². The van der Waals surface area contributed by atoms with Crippen LogP contribution in [0.1, 0.15) is 16.7 Å². The van der Waals surface area contributed by atoms with E-state index in [1.165, 1.54) is 37.4 Å². The van der Waals surface area contributed by atoms with Crippen molar-refractivity contribution in [2.24, 2.45) is 0 Å². The van der Waals surface area contributed by atoms with Gasteiger partial charge in [-0.25, -0.2) is 0 Å². The minimum absolute atomic E-state index is 0.120. The number of hydrogen-bond acceptors (Lipinski definition) is 3. The van der Waals surface area contributed by atoms with Crippen LogP contribution in [0.15, 0.2) is 42.5 Å². The van der Waals surface area contributed by atoms with Gasteiger partial charge in [-0.3, -0.25) is 10.1 Å². The van der Waals surface area contributed by atoms with Gasteiger partial charge in [0, 0.05) is 17.7 Å². The molecular formula is C16H10F3NO3. The minimum Gasteiger partial charge on any atom is -0.497 e. The molecule has 0 heterocycles. The summed E-state index contributed by atoms with van der Waals surface area (Å²) in [5.74, 6) is 5.60. The lowest BCUT2D eigenvalue weighted by Gasteiger charge is -2.05. The van der Waals surface area contributed by atoms with E-state index in [0.29, 0.717) is 11.3 Å². The van der Waals surface area contributed by atoms with Gasteiger partial charge in [0.1, 0.15) is 11.3 Å². The summed E-state index contributed by atoms with van der Waals surface area (Å²) in [7, 11) is 1.41. The molecule has 0 aliphatic heterocycles. The van der Waals surface area contributed by atoms with Crippen molar-refractivity contribution in [2.75, 3.05) is 7.11 Å². The summed E-state index contributed by atoms with van der Waals surface area (Å²) in [5.41, 5.74) is -0.551. The SMILES string of the molecule is COc1ccc([N+](=O)[O-])c(C#Cc2ccc(C(F)(F)F)cc2)c1. The molecule has 7 heteroatoms. The number of halogens is 3. The predicted octanol–water partition coefficient (Wildman–Crippen LogP) is 4.02. The fraction of sp³-hybridized carbons (Fsp3) is 0.125. The Morgan fingerprint density at radius 3 is 2.26 bits per heavy atom. The van der Waals surface area contributed by atoms with E-state index < -0.39 is 16.7 Å². The molecule has 0 unspecified atom stereocenters. The molecule has 0 radical (unpaired) electrons. The van der Waals surface area contributed by atoms with Crippen molar-refractivity contribution in [1.29, 1.82) is 0 Å². The standard InChI is InChI=1S/C16H10F3NO3/c1-23-14-8-9-15(20(21)22)12(10-14)5-2-11-3-6-13(7-4-11)16(17,18)19/h3-4,6-10H,1H3. The predicted molar refractivity (Wildman–Crippen MR) is 77.1 cm³/mol. The molecule has 0 aromatic heterocycles. The number of ether oxygens (including phenoxy) is 1. The molecule has 2 aromatic carbocycles. The van der Waals surface area contributed by atoms with Gasteiger partial charge >= 0.3 is 6.18 Å². The van der Waals surface area contributed by atoms with Gasteiger partial charge in [-0.15, -0.1) is 0 Å². The van der Waals surface area contributed by atoms with Crippen molar-refractivity contribution in [3.8, 4) is 17.6 Å². The van der Waals surface area contributed by atoms with Gasteiger partial charge in [0.05, 0.1) is 17.6 Å². The molecule has 0 aliphatic carbocycles. The number of hydrogen-bond donors (Lipinski definition) is 0. The van der Waals surface area contributed by atoms with Gasteiger partial charge in [0.2, 0.25) is 0 Å². The van der Waals surface area contributed by atoms with Gasteiger partial charge in [-0.1, -0.05) is 11.8 Å². The maximum Gasteiger partial charge on any atom is 0.416 e. The lowest BCUT2D eigenvalue weighted by atomic mass is 10.1. The van der Waals surface area contributed by atoms with Crippen LogP contribution in [-0.2, 0) is 6.18 Å². The topological polar surface area (TPSA) is 52.4 Å². The zero-order valence-electron chi connectivity index (χ0n) is 11.8.